The van der Waals surface area contributed by atoms with Crippen molar-refractivity contribution in [1.29, 1.82) is 0 Å². The van der Waals surface area contributed by atoms with Gasteiger partial charge in [-0.25, -0.2) is 0 Å². The molecule has 0 aromatic heterocycles. The summed E-state index contributed by atoms with van der Waals surface area (Å²) >= 11 is 0. The summed E-state index contributed by atoms with van der Waals surface area (Å²) in [4.78, 5) is 2.46. The molecular formula is C17H28N2O. The molecule has 2 unspecified atom stereocenters. The first-order valence-electron chi connectivity index (χ1n) is 7.78. The second-order valence-corrected chi connectivity index (χ2v) is 5.82. The number of likely N-dealkylation sites (N-methyl/N-ethyl adjacent to an activating group) is 1. The molecule has 2 atom stereocenters. The van der Waals surface area contributed by atoms with Gasteiger partial charge in [-0.15, -0.1) is 0 Å². The van der Waals surface area contributed by atoms with Gasteiger partial charge in [0.2, 0.25) is 0 Å². The van der Waals surface area contributed by atoms with Crippen LogP contribution in [0.15, 0.2) is 18.2 Å². The van der Waals surface area contributed by atoms with Gasteiger partial charge in [-0.05, 0) is 49.9 Å². The van der Waals surface area contributed by atoms with Crippen molar-refractivity contribution in [2.45, 2.75) is 45.8 Å². The molecule has 0 spiro atoms. The summed E-state index contributed by atoms with van der Waals surface area (Å²) < 4.78 is 5.78. The summed E-state index contributed by atoms with van der Waals surface area (Å²) in [6.07, 6.45) is 2.76. The highest BCUT2D eigenvalue weighted by Crippen LogP contribution is 2.24. The number of ether oxygens (including phenoxy) is 1. The number of nitrogens with two attached hydrogens (primary N) is 1. The van der Waals surface area contributed by atoms with E-state index in [4.69, 9.17) is 10.5 Å². The molecular weight excluding hydrogens is 248 g/mol. The minimum Gasteiger partial charge on any atom is -0.377 e. The molecule has 0 amide bonds. The van der Waals surface area contributed by atoms with Gasteiger partial charge in [0, 0.05) is 25.7 Å². The predicted molar refractivity (Wildman–Crippen MR) is 83.9 cm³/mol. The molecule has 2 rings (SSSR count). The van der Waals surface area contributed by atoms with Crippen molar-refractivity contribution in [1.82, 2.24) is 4.90 Å². The van der Waals surface area contributed by atoms with Crippen LogP contribution in [0, 0.1) is 13.8 Å². The highest BCUT2D eigenvalue weighted by molar-refractivity contribution is 5.32. The molecule has 2 N–H and O–H groups in total. The van der Waals surface area contributed by atoms with Gasteiger partial charge in [0.1, 0.15) is 0 Å². The van der Waals surface area contributed by atoms with E-state index in [0.717, 1.165) is 19.7 Å². The van der Waals surface area contributed by atoms with Crippen LogP contribution in [-0.2, 0) is 4.74 Å². The zero-order chi connectivity index (χ0) is 14.5. The molecule has 3 nitrogen and oxygen atoms in total. The van der Waals surface area contributed by atoms with Gasteiger partial charge in [-0.3, -0.25) is 4.90 Å². The zero-order valence-corrected chi connectivity index (χ0v) is 13.1. The Kier molecular flexibility index (Phi) is 5.58. The molecule has 1 saturated heterocycles. The fourth-order valence-electron chi connectivity index (χ4n) is 2.99. The van der Waals surface area contributed by atoms with Crippen LogP contribution in [0.4, 0.5) is 0 Å². The minimum atomic E-state index is 0.295. The third-order valence-corrected chi connectivity index (χ3v) is 4.45. The quantitative estimate of drug-likeness (QED) is 0.868. The van der Waals surface area contributed by atoms with E-state index in [2.05, 4.69) is 43.9 Å². The maximum Gasteiger partial charge on any atom is 0.0703 e. The Hall–Kier alpha value is -0.900. The highest BCUT2D eigenvalue weighted by atomic mass is 16.5. The summed E-state index contributed by atoms with van der Waals surface area (Å²) in [5.74, 6) is 0. The summed E-state index contributed by atoms with van der Waals surface area (Å²) in [6.45, 7) is 10.1. The third kappa shape index (κ3) is 3.60. The lowest BCUT2D eigenvalue weighted by Gasteiger charge is -2.32. The Morgan fingerprint density at radius 2 is 2.15 bits per heavy atom. The molecule has 1 aromatic rings. The van der Waals surface area contributed by atoms with Gasteiger partial charge in [0.25, 0.3) is 0 Å². The normalized spacial score (nSPS) is 20.6. The Balaban J connectivity index is 2.12. The second kappa shape index (κ2) is 7.21. The molecule has 0 saturated carbocycles. The molecule has 20 heavy (non-hydrogen) atoms. The second-order valence-electron chi connectivity index (χ2n) is 5.82. The number of benzene rings is 1. The van der Waals surface area contributed by atoms with E-state index < -0.39 is 0 Å². The lowest BCUT2D eigenvalue weighted by Crippen LogP contribution is -2.38. The van der Waals surface area contributed by atoms with Crippen molar-refractivity contribution < 1.29 is 4.74 Å². The first kappa shape index (κ1) is 15.5. The molecule has 1 aliphatic heterocycles. The summed E-state index contributed by atoms with van der Waals surface area (Å²) in [7, 11) is 0. The van der Waals surface area contributed by atoms with Gasteiger partial charge in [-0.2, -0.15) is 0 Å². The molecule has 0 aliphatic carbocycles. The Labute approximate surface area is 123 Å². The lowest BCUT2D eigenvalue weighted by molar-refractivity contribution is 0.0601. The van der Waals surface area contributed by atoms with E-state index in [1.807, 2.05) is 0 Å². The van der Waals surface area contributed by atoms with E-state index in [1.54, 1.807) is 0 Å². The topological polar surface area (TPSA) is 38.5 Å². The van der Waals surface area contributed by atoms with E-state index in [0.29, 0.717) is 18.7 Å². The van der Waals surface area contributed by atoms with Crippen molar-refractivity contribution in [3.63, 3.8) is 0 Å². The largest absolute Gasteiger partial charge is 0.377 e. The van der Waals surface area contributed by atoms with Crippen LogP contribution in [0.1, 0.15) is 42.5 Å². The summed E-state index contributed by atoms with van der Waals surface area (Å²) in [5.41, 5.74) is 10.1. The van der Waals surface area contributed by atoms with Gasteiger partial charge in [0.05, 0.1) is 6.10 Å². The smallest absolute Gasteiger partial charge is 0.0703 e. The maximum absolute atomic E-state index is 6.06. The number of aryl methyl sites for hydroxylation is 2. The molecule has 0 bridgehead atoms. The monoisotopic (exact) mass is 276 g/mol. The molecule has 0 radical (unpaired) electrons. The van der Waals surface area contributed by atoms with Crippen molar-refractivity contribution in [3.8, 4) is 0 Å². The Bertz CT molecular complexity index is 427. The molecule has 1 aliphatic rings. The van der Waals surface area contributed by atoms with Gasteiger partial charge in [0.15, 0.2) is 0 Å². The van der Waals surface area contributed by atoms with Crippen LogP contribution in [0.25, 0.3) is 0 Å². The van der Waals surface area contributed by atoms with Crippen LogP contribution in [0.5, 0.6) is 0 Å². The SMILES string of the molecule is CCN(CC1CCCO1)C(CN)c1ccc(C)c(C)c1. The lowest BCUT2D eigenvalue weighted by atomic mass is 9.99. The van der Waals surface area contributed by atoms with Crippen LogP contribution in [-0.4, -0.2) is 37.2 Å². The minimum absolute atomic E-state index is 0.295. The predicted octanol–water partition coefficient (Wildman–Crippen LogP) is 2.80. The highest BCUT2D eigenvalue weighted by Gasteiger charge is 2.24. The number of rotatable bonds is 6. The van der Waals surface area contributed by atoms with Crippen molar-refractivity contribution in [3.05, 3.63) is 34.9 Å². The van der Waals surface area contributed by atoms with E-state index in [9.17, 15) is 0 Å². The summed E-state index contributed by atoms with van der Waals surface area (Å²) in [6, 6.07) is 7.00. The Morgan fingerprint density at radius 3 is 2.70 bits per heavy atom. The van der Waals surface area contributed by atoms with E-state index >= 15 is 0 Å². The van der Waals surface area contributed by atoms with E-state index in [-0.39, 0.29) is 0 Å². The van der Waals surface area contributed by atoms with Crippen molar-refractivity contribution in [2.24, 2.45) is 5.73 Å². The molecule has 1 fully saturated rings. The average Bonchev–Trinajstić information content (AvgIpc) is 2.95. The molecule has 1 heterocycles. The van der Waals surface area contributed by atoms with Crippen LogP contribution in [0.2, 0.25) is 0 Å². The first-order valence-corrected chi connectivity index (χ1v) is 7.78. The third-order valence-electron chi connectivity index (χ3n) is 4.45. The standard InChI is InChI=1S/C17H28N2O/c1-4-19(12-16-6-5-9-20-16)17(11-18)15-8-7-13(2)14(3)10-15/h7-8,10,16-17H,4-6,9,11-12,18H2,1-3H3. The fourth-order valence-corrected chi connectivity index (χ4v) is 2.99. The van der Waals surface area contributed by atoms with Crippen molar-refractivity contribution in [2.75, 3.05) is 26.2 Å². The van der Waals surface area contributed by atoms with E-state index in [1.165, 1.54) is 29.5 Å². The zero-order valence-electron chi connectivity index (χ0n) is 13.1. The number of hydrogen-bond acceptors (Lipinski definition) is 3. The molecule has 112 valence electrons. The average molecular weight is 276 g/mol. The maximum atomic E-state index is 6.06. The van der Waals surface area contributed by atoms with Crippen LogP contribution < -0.4 is 5.73 Å². The first-order chi connectivity index (χ1) is 9.65. The molecule has 1 aromatic carbocycles. The van der Waals surface area contributed by atoms with Gasteiger partial charge in [-0.1, -0.05) is 25.1 Å². The van der Waals surface area contributed by atoms with Crippen LogP contribution >= 0.6 is 0 Å². The summed E-state index contributed by atoms with van der Waals surface area (Å²) in [5, 5.41) is 0. The number of hydrogen-bond donors (Lipinski definition) is 1. The number of nitrogens with zero attached hydrogens (tertiary/aromatic N) is 1. The van der Waals surface area contributed by atoms with Gasteiger partial charge < -0.3 is 10.5 Å². The van der Waals surface area contributed by atoms with Crippen molar-refractivity contribution >= 4 is 0 Å². The Morgan fingerprint density at radius 1 is 1.35 bits per heavy atom. The van der Waals surface area contributed by atoms with Gasteiger partial charge >= 0.3 is 0 Å². The fraction of sp³-hybridized carbons (Fsp3) is 0.647. The molecule has 3 heteroatoms. The van der Waals surface area contributed by atoms with Crippen LogP contribution in [0.3, 0.4) is 0 Å².